The van der Waals surface area contributed by atoms with Crippen LogP contribution >= 0.6 is 11.8 Å². The Morgan fingerprint density at radius 3 is 2.05 bits per heavy atom. The van der Waals surface area contributed by atoms with E-state index in [0.29, 0.717) is 5.75 Å². The normalized spacial score (nSPS) is 12.9. The number of sulfone groups is 1. The molecule has 1 rings (SSSR count). The molecule has 0 heterocycles. The van der Waals surface area contributed by atoms with Gasteiger partial charge in [0.15, 0.2) is 16.1 Å². The molecule has 0 aliphatic rings. The Balaban J connectivity index is 2.58. The van der Waals surface area contributed by atoms with Crippen molar-refractivity contribution < 1.29 is 17.9 Å². The lowest BCUT2D eigenvalue weighted by Gasteiger charge is -2.18. The predicted octanol–water partition coefficient (Wildman–Crippen LogP) is 3.28. The average Bonchev–Trinajstić information content (AvgIpc) is 2.40. The number of methoxy groups -OCH3 is 2. The fourth-order valence-corrected chi connectivity index (χ4v) is 4.05. The molecule has 21 heavy (non-hydrogen) atoms. The molecule has 0 amide bonds. The fourth-order valence-electron chi connectivity index (χ4n) is 1.66. The second-order valence-corrected chi connectivity index (χ2v) is 9.68. The molecule has 0 aliphatic heterocycles. The second kappa shape index (κ2) is 7.63. The lowest BCUT2D eigenvalue weighted by atomic mass is 10.2. The minimum atomic E-state index is -3.06. The maximum atomic E-state index is 12.0. The third-order valence-electron chi connectivity index (χ3n) is 3.13. The Kier molecular flexibility index (Phi) is 6.71. The van der Waals surface area contributed by atoms with Crippen LogP contribution < -0.4 is 0 Å². The van der Waals surface area contributed by atoms with Crippen molar-refractivity contribution in [2.24, 2.45) is 0 Å². The highest BCUT2D eigenvalue weighted by atomic mass is 32.2. The third kappa shape index (κ3) is 5.29. The molecule has 0 N–H and O–H groups in total. The first-order valence-corrected chi connectivity index (χ1v) is 9.35. The van der Waals surface area contributed by atoms with Gasteiger partial charge in [0.25, 0.3) is 0 Å². The van der Waals surface area contributed by atoms with E-state index in [1.54, 1.807) is 35.0 Å². The molecule has 120 valence electrons. The molecule has 6 heteroatoms. The van der Waals surface area contributed by atoms with Crippen LogP contribution in [0.2, 0.25) is 0 Å². The van der Waals surface area contributed by atoms with Crippen molar-refractivity contribution in [3.63, 3.8) is 0 Å². The van der Waals surface area contributed by atoms with Gasteiger partial charge in [0.1, 0.15) is 0 Å². The lowest BCUT2D eigenvalue weighted by Crippen LogP contribution is -2.31. The van der Waals surface area contributed by atoms with Crippen molar-refractivity contribution in [2.75, 3.05) is 25.7 Å². The minimum absolute atomic E-state index is 0.182. The van der Waals surface area contributed by atoms with E-state index in [-0.39, 0.29) is 12.0 Å². The Labute approximate surface area is 132 Å². The SMILES string of the molecule is COC(OC)c1ccc(SCCS(=O)(=O)C(C)(C)C)cc1. The topological polar surface area (TPSA) is 52.6 Å². The summed E-state index contributed by atoms with van der Waals surface area (Å²) in [6.45, 7) is 5.20. The highest BCUT2D eigenvalue weighted by molar-refractivity contribution is 8.01. The molecule has 0 saturated heterocycles. The molecule has 4 nitrogen and oxygen atoms in total. The summed E-state index contributed by atoms with van der Waals surface area (Å²) >= 11 is 1.54. The molecular formula is C15H24O4S2. The summed E-state index contributed by atoms with van der Waals surface area (Å²) in [5, 5.41) is 0. The molecule has 0 spiro atoms. The Morgan fingerprint density at radius 1 is 1.10 bits per heavy atom. The van der Waals surface area contributed by atoms with Crippen LogP contribution in [0.4, 0.5) is 0 Å². The smallest absolute Gasteiger partial charge is 0.183 e. The maximum absolute atomic E-state index is 12.0. The maximum Gasteiger partial charge on any atom is 0.183 e. The zero-order valence-electron chi connectivity index (χ0n) is 13.3. The monoisotopic (exact) mass is 332 g/mol. The van der Waals surface area contributed by atoms with Gasteiger partial charge in [-0.1, -0.05) is 12.1 Å². The van der Waals surface area contributed by atoms with Crippen molar-refractivity contribution >= 4 is 21.6 Å². The van der Waals surface area contributed by atoms with Gasteiger partial charge in [-0.05, 0) is 32.9 Å². The summed E-state index contributed by atoms with van der Waals surface area (Å²) in [5.41, 5.74) is 0.937. The van der Waals surface area contributed by atoms with Crippen LogP contribution in [0.1, 0.15) is 32.6 Å². The summed E-state index contributed by atoms with van der Waals surface area (Å²) in [4.78, 5) is 1.04. The quantitative estimate of drug-likeness (QED) is 0.566. The average molecular weight is 332 g/mol. The first-order chi connectivity index (χ1) is 9.71. The summed E-state index contributed by atoms with van der Waals surface area (Å²) in [5.74, 6) is 0.735. The predicted molar refractivity (Wildman–Crippen MR) is 87.5 cm³/mol. The van der Waals surface area contributed by atoms with Crippen molar-refractivity contribution in [1.82, 2.24) is 0 Å². The standard InChI is InChI=1S/C15H24O4S2/c1-15(2,3)21(16,17)11-10-20-13-8-6-12(7-9-13)14(18-4)19-5/h6-9,14H,10-11H2,1-5H3. The molecule has 0 bridgehead atoms. The Hall–Kier alpha value is -0.560. The number of hydrogen-bond donors (Lipinski definition) is 0. The van der Waals surface area contributed by atoms with E-state index >= 15 is 0 Å². The molecule has 1 aromatic rings. The van der Waals surface area contributed by atoms with E-state index in [4.69, 9.17) is 9.47 Å². The molecule has 1 aromatic carbocycles. The van der Waals surface area contributed by atoms with Gasteiger partial charge in [0.05, 0.1) is 10.5 Å². The minimum Gasteiger partial charge on any atom is -0.352 e. The van der Waals surface area contributed by atoms with Crippen LogP contribution in [0, 0.1) is 0 Å². The van der Waals surface area contributed by atoms with Crippen LogP contribution in [0.3, 0.4) is 0 Å². The molecule has 0 atom stereocenters. The van der Waals surface area contributed by atoms with Crippen molar-refractivity contribution in [3.8, 4) is 0 Å². The Bertz CT molecular complexity index is 526. The molecule has 0 aliphatic carbocycles. The molecular weight excluding hydrogens is 308 g/mol. The zero-order chi connectivity index (χ0) is 16.1. The van der Waals surface area contributed by atoms with Crippen LogP contribution in [-0.2, 0) is 19.3 Å². The lowest BCUT2D eigenvalue weighted by molar-refractivity contribution is -0.106. The van der Waals surface area contributed by atoms with Gasteiger partial charge < -0.3 is 9.47 Å². The number of hydrogen-bond acceptors (Lipinski definition) is 5. The van der Waals surface area contributed by atoms with Crippen molar-refractivity contribution in [1.29, 1.82) is 0 Å². The zero-order valence-corrected chi connectivity index (χ0v) is 14.9. The van der Waals surface area contributed by atoms with E-state index in [2.05, 4.69) is 0 Å². The number of benzene rings is 1. The summed E-state index contributed by atoms with van der Waals surface area (Å²) < 4.78 is 33.7. The summed E-state index contributed by atoms with van der Waals surface area (Å²) in [7, 11) is 0.125. The van der Waals surface area contributed by atoms with Crippen LogP contribution in [-0.4, -0.2) is 38.9 Å². The van der Waals surface area contributed by atoms with Gasteiger partial charge >= 0.3 is 0 Å². The highest BCUT2D eigenvalue weighted by Crippen LogP contribution is 2.24. The van der Waals surface area contributed by atoms with E-state index in [1.165, 1.54) is 11.8 Å². The summed E-state index contributed by atoms with van der Waals surface area (Å²) in [6, 6.07) is 7.76. The van der Waals surface area contributed by atoms with E-state index in [1.807, 2.05) is 24.3 Å². The highest BCUT2D eigenvalue weighted by Gasteiger charge is 2.28. The third-order valence-corrected chi connectivity index (χ3v) is 7.01. The molecule has 0 fully saturated rings. The molecule has 0 aromatic heterocycles. The van der Waals surface area contributed by atoms with Gasteiger partial charge in [-0.25, -0.2) is 8.42 Å². The van der Waals surface area contributed by atoms with E-state index < -0.39 is 14.6 Å². The van der Waals surface area contributed by atoms with Gasteiger partial charge in [0.2, 0.25) is 0 Å². The fraction of sp³-hybridized carbons (Fsp3) is 0.600. The van der Waals surface area contributed by atoms with Gasteiger partial charge in [0, 0.05) is 30.4 Å². The van der Waals surface area contributed by atoms with Crippen LogP contribution in [0.5, 0.6) is 0 Å². The van der Waals surface area contributed by atoms with E-state index in [9.17, 15) is 8.42 Å². The van der Waals surface area contributed by atoms with Gasteiger partial charge in [-0.2, -0.15) is 0 Å². The van der Waals surface area contributed by atoms with Crippen LogP contribution in [0.15, 0.2) is 29.2 Å². The number of rotatable bonds is 7. The second-order valence-electron chi connectivity index (χ2n) is 5.65. The van der Waals surface area contributed by atoms with E-state index in [0.717, 1.165) is 10.5 Å². The number of ether oxygens (including phenoxy) is 2. The Morgan fingerprint density at radius 2 is 1.62 bits per heavy atom. The summed E-state index contributed by atoms with van der Waals surface area (Å²) in [6.07, 6.45) is -0.370. The van der Waals surface area contributed by atoms with Gasteiger partial charge in [-0.3, -0.25) is 0 Å². The largest absolute Gasteiger partial charge is 0.352 e. The van der Waals surface area contributed by atoms with Gasteiger partial charge in [-0.15, -0.1) is 11.8 Å². The molecule has 0 saturated carbocycles. The number of thioether (sulfide) groups is 1. The van der Waals surface area contributed by atoms with Crippen molar-refractivity contribution in [2.45, 2.75) is 36.7 Å². The molecule has 0 radical (unpaired) electrons. The van der Waals surface area contributed by atoms with Crippen molar-refractivity contribution in [3.05, 3.63) is 29.8 Å². The van der Waals surface area contributed by atoms with Crippen LogP contribution in [0.25, 0.3) is 0 Å². The first kappa shape index (κ1) is 18.5. The first-order valence-electron chi connectivity index (χ1n) is 6.72. The molecule has 0 unspecified atom stereocenters.